The number of hydrogen-bond donors (Lipinski definition) is 1. The third-order valence-corrected chi connectivity index (χ3v) is 3.36. The fourth-order valence-electron chi connectivity index (χ4n) is 2.52. The fourth-order valence-corrected chi connectivity index (χ4v) is 2.52. The van der Waals surface area contributed by atoms with Crippen LogP contribution in [-0.2, 0) is 11.2 Å². The maximum absolute atomic E-state index is 5.50. The first-order chi connectivity index (χ1) is 8.42. The van der Waals surface area contributed by atoms with E-state index in [1.807, 2.05) is 0 Å². The average molecular weight is 233 g/mol. The van der Waals surface area contributed by atoms with Gasteiger partial charge in [-0.2, -0.15) is 0 Å². The van der Waals surface area contributed by atoms with Crippen molar-refractivity contribution < 1.29 is 4.74 Å². The predicted octanol–water partition coefficient (Wildman–Crippen LogP) is 3.08. The molecule has 2 rings (SSSR count). The van der Waals surface area contributed by atoms with Crippen LogP contribution in [0, 0.1) is 0 Å². The van der Waals surface area contributed by atoms with Crippen molar-refractivity contribution in [1.82, 2.24) is 5.32 Å². The summed E-state index contributed by atoms with van der Waals surface area (Å²) in [6.45, 7) is 4.80. The smallest absolute Gasteiger partial charge is 0.0591 e. The van der Waals surface area contributed by atoms with Gasteiger partial charge < -0.3 is 10.1 Å². The van der Waals surface area contributed by atoms with Gasteiger partial charge in [0.15, 0.2) is 0 Å². The molecule has 2 nitrogen and oxygen atoms in total. The van der Waals surface area contributed by atoms with Crippen LogP contribution in [0.2, 0.25) is 0 Å². The Kier molecular flexibility index (Phi) is 5.02. The molecule has 0 aromatic heterocycles. The largest absolute Gasteiger partial charge is 0.380 e. The highest BCUT2D eigenvalue weighted by Gasteiger charge is 2.18. The SMILES string of the molecule is CCCOCCNC1CCCc2ccccc21. The first-order valence-corrected chi connectivity index (χ1v) is 6.80. The summed E-state index contributed by atoms with van der Waals surface area (Å²) in [6, 6.07) is 9.35. The van der Waals surface area contributed by atoms with E-state index in [2.05, 4.69) is 36.5 Å². The molecule has 1 aromatic carbocycles. The molecule has 1 atom stereocenters. The van der Waals surface area contributed by atoms with Crippen molar-refractivity contribution in [2.45, 2.75) is 38.6 Å². The van der Waals surface area contributed by atoms with Crippen molar-refractivity contribution in [3.05, 3.63) is 35.4 Å². The van der Waals surface area contributed by atoms with E-state index >= 15 is 0 Å². The molecule has 0 aliphatic heterocycles. The van der Waals surface area contributed by atoms with Crippen molar-refractivity contribution in [2.75, 3.05) is 19.8 Å². The summed E-state index contributed by atoms with van der Waals surface area (Å²) in [7, 11) is 0. The topological polar surface area (TPSA) is 21.3 Å². The lowest BCUT2D eigenvalue weighted by atomic mass is 9.88. The fraction of sp³-hybridized carbons (Fsp3) is 0.600. The molecule has 0 bridgehead atoms. The van der Waals surface area contributed by atoms with Gasteiger partial charge in [-0.15, -0.1) is 0 Å². The van der Waals surface area contributed by atoms with Crippen LogP contribution < -0.4 is 5.32 Å². The summed E-state index contributed by atoms with van der Waals surface area (Å²) in [6.07, 6.45) is 4.89. The van der Waals surface area contributed by atoms with Crippen molar-refractivity contribution in [2.24, 2.45) is 0 Å². The lowest BCUT2D eigenvalue weighted by Crippen LogP contribution is -2.28. The summed E-state index contributed by atoms with van der Waals surface area (Å²) in [5.74, 6) is 0. The second-order valence-electron chi connectivity index (χ2n) is 4.71. The van der Waals surface area contributed by atoms with Crippen LogP contribution in [-0.4, -0.2) is 19.8 Å². The molecule has 1 aliphatic carbocycles. The molecule has 0 heterocycles. The van der Waals surface area contributed by atoms with Crippen molar-refractivity contribution >= 4 is 0 Å². The van der Waals surface area contributed by atoms with Crippen molar-refractivity contribution in [1.29, 1.82) is 0 Å². The van der Waals surface area contributed by atoms with E-state index in [0.717, 1.165) is 26.2 Å². The van der Waals surface area contributed by atoms with Crippen LogP contribution >= 0.6 is 0 Å². The van der Waals surface area contributed by atoms with Gasteiger partial charge in [-0.25, -0.2) is 0 Å². The van der Waals surface area contributed by atoms with Crippen LogP contribution in [0.25, 0.3) is 0 Å². The molecule has 0 amide bonds. The number of aryl methyl sites for hydroxylation is 1. The molecule has 0 saturated carbocycles. The summed E-state index contributed by atoms with van der Waals surface area (Å²) in [4.78, 5) is 0. The van der Waals surface area contributed by atoms with E-state index in [4.69, 9.17) is 4.74 Å². The highest BCUT2D eigenvalue weighted by atomic mass is 16.5. The maximum atomic E-state index is 5.50. The van der Waals surface area contributed by atoms with Gasteiger partial charge in [0.2, 0.25) is 0 Å². The molecule has 94 valence electrons. The zero-order chi connectivity index (χ0) is 11.9. The Hall–Kier alpha value is -0.860. The Morgan fingerprint density at radius 2 is 2.18 bits per heavy atom. The maximum Gasteiger partial charge on any atom is 0.0591 e. The van der Waals surface area contributed by atoms with Crippen LogP contribution in [0.4, 0.5) is 0 Å². The molecule has 1 N–H and O–H groups in total. The summed E-state index contributed by atoms with van der Waals surface area (Å²) in [5.41, 5.74) is 3.01. The van der Waals surface area contributed by atoms with E-state index in [9.17, 15) is 0 Å². The Bertz CT molecular complexity index is 337. The van der Waals surface area contributed by atoms with Crippen molar-refractivity contribution in [3.8, 4) is 0 Å². The highest BCUT2D eigenvalue weighted by Crippen LogP contribution is 2.29. The lowest BCUT2D eigenvalue weighted by Gasteiger charge is -2.26. The van der Waals surface area contributed by atoms with Gasteiger partial charge in [-0.1, -0.05) is 31.2 Å². The summed E-state index contributed by atoms with van der Waals surface area (Å²) in [5, 5.41) is 3.61. The Morgan fingerprint density at radius 1 is 1.29 bits per heavy atom. The average Bonchev–Trinajstić information content (AvgIpc) is 2.39. The normalized spacial score (nSPS) is 19.0. The molecule has 2 heteroatoms. The molecule has 1 aromatic rings. The number of fused-ring (bicyclic) bond motifs is 1. The Morgan fingerprint density at radius 3 is 3.06 bits per heavy atom. The monoisotopic (exact) mass is 233 g/mol. The molecule has 0 spiro atoms. The van der Waals surface area contributed by atoms with E-state index in [0.29, 0.717) is 6.04 Å². The van der Waals surface area contributed by atoms with Gasteiger partial charge in [0.1, 0.15) is 0 Å². The second-order valence-corrected chi connectivity index (χ2v) is 4.71. The molecule has 0 radical (unpaired) electrons. The first-order valence-electron chi connectivity index (χ1n) is 6.80. The van der Waals surface area contributed by atoms with E-state index < -0.39 is 0 Å². The predicted molar refractivity (Wildman–Crippen MR) is 71.2 cm³/mol. The zero-order valence-corrected chi connectivity index (χ0v) is 10.7. The first kappa shape index (κ1) is 12.6. The highest BCUT2D eigenvalue weighted by molar-refractivity contribution is 5.32. The molecule has 1 unspecified atom stereocenters. The third-order valence-electron chi connectivity index (χ3n) is 3.36. The lowest BCUT2D eigenvalue weighted by molar-refractivity contribution is 0.133. The molecular formula is C15H23NO. The van der Waals surface area contributed by atoms with Gasteiger partial charge in [0, 0.05) is 19.2 Å². The van der Waals surface area contributed by atoms with Crippen LogP contribution in [0.5, 0.6) is 0 Å². The van der Waals surface area contributed by atoms with E-state index in [1.165, 1.54) is 30.4 Å². The van der Waals surface area contributed by atoms with Gasteiger partial charge in [-0.05, 0) is 36.8 Å². The molecular weight excluding hydrogens is 210 g/mol. The molecule has 1 aliphatic rings. The quantitative estimate of drug-likeness (QED) is 0.762. The number of benzene rings is 1. The van der Waals surface area contributed by atoms with Gasteiger partial charge in [0.05, 0.1) is 6.61 Å². The minimum atomic E-state index is 0.533. The van der Waals surface area contributed by atoms with Crippen LogP contribution in [0.3, 0.4) is 0 Å². The third kappa shape index (κ3) is 3.55. The van der Waals surface area contributed by atoms with Crippen molar-refractivity contribution in [3.63, 3.8) is 0 Å². The van der Waals surface area contributed by atoms with Gasteiger partial charge in [0.25, 0.3) is 0 Å². The minimum Gasteiger partial charge on any atom is -0.380 e. The summed E-state index contributed by atoms with van der Waals surface area (Å²) >= 11 is 0. The van der Waals surface area contributed by atoms with Crippen LogP contribution in [0.1, 0.15) is 43.4 Å². The summed E-state index contributed by atoms with van der Waals surface area (Å²) < 4.78 is 5.50. The molecule has 0 fully saturated rings. The minimum absolute atomic E-state index is 0.533. The van der Waals surface area contributed by atoms with E-state index in [1.54, 1.807) is 0 Å². The standard InChI is InChI=1S/C15H23NO/c1-2-11-17-12-10-16-15-9-5-7-13-6-3-4-8-14(13)15/h3-4,6,8,15-16H,2,5,7,9-12H2,1H3. The van der Waals surface area contributed by atoms with Gasteiger partial charge in [-0.3, -0.25) is 0 Å². The van der Waals surface area contributed by atoms with Gasteiger partial charge >= 0.3 is 0 Å². The number of nitrogens with one attached hydrogen (secondary N) is 1. The molecule has 17 heavy (non-hydrogen) atoms. The Balaban J connectivity index is 1.82. The zero-order valence-electron chi connectivity index (χ0n) is 10.7. The molecule has 0 saturated heterocycles. The van der Waals surface area contributed by atoms with Crippen LogP contribution in [0.15, 0.2) is 24.3 Å². The van der Waals surface area contributed by atoms with E-state index in [-0.39, 0.29) is 0 Å². The number of rotatable bonds is 6. The Labute approximate surface area is 104 Å². The number of ether oxygens (including phenoxy) is 1. The number of hydrogen-bond acceptors (Lipinski definition) is 2. The second kappa shape index (κ2) is 6.77.